The molecule has 0 fully saturated rings. The maximum absolute atomic E-state index is 11.0. The highest BCUT2D eigenvalue weighted by Crippen LogP contribution is 2.24. The highest BCUT2D eigenvalue weighted by atomic mass is 32.1. The highest BCUT2D eigenvalue weighted by Gasteiger charge is 2.07. The molecule has 3 aromatic rings. The van der Waals surface area contributed by atoms with E-state index in [9.17, 15) is 4.79 Å². The molecule has 2 N–H and O–H groups in total. The van der Waals surface area contributed by atoms with Crippen LogP contribution in [0.15, 0.2) is 63.9 Å². The molecule has 3 rings (SSSR count). The van der Waals surface area contributed by atoms with Crippen LogP contribution < -0.4 is 10.2 Å². The molecular weight excluding hydrogens is 390 g/mol. The number of nitrogens with zero attached hydrogens (tertiary/aromatic N) is 4. The Bertz CT molecular complexity index is 1040. The standard InChI is InChI=1S/C20H19N5O3S/c1-12-13(2)29-20(21-12)25-24-18(14-6-10-17(28-3)11-7-14)23-22-16-8-4-15(5-9-16)19(26)27/h4-11,22H,1-3H3,(H,26,27)/b23-18-,25-24?. The van der Waals surface area contributed by atoms with E-state index in [1.54, 1.807) is 31.4 Å². The SMILES string of the molecule is COc1ccc(/C(N=Nc2nc(C)c(C)s2)=N/Nc2ccc(C(=O)O)cc2)cc1. The van der Waals surface area contributed by atoms with Crippen molar-refractivity contribution in [2.24, 2.45) is 15.3 Å². The van der Waals surface area contributed by atoms with Gasteiger partial charge in [0.1, 0.15) is 5.75 Å². The topological polar surface area (TPSA) is 109 Å². The molecule has 1 heterocycles. The third kappa shape index (κ3) is 5.23. The van der Waals surface area contributed by atoms with Crippen LogP contribution in [0.5, 0.6) is 5.75 Å². The van der Waals surface area contributed by atoms with Crippen molar-refractivity contribution in [3.05, 3.63) is 70.2 Å². The predicted molar refractivity (Wildman–Crippen MR) is 113 cm³/mol. The molecule has 0 bridgehead atoms. The van der Waals surface area contributed by atoms with Crippen LogP contribution >= 0.6 is 11.3 Å². The van der Waals surface area contributed by atoms with Gasteiger partial charge < -0.3 is 9.84 Å². The van der Waals surface area contributed by atoms with Gasteiger partial charge >= 0.3 is 5.97 Å². The quantitative estimate of drug-likeness (QED) is 0.257. The number of hydrogen-bond acceptors (Lipinski definition) is 7. The van der Waals surface area contributed by atoms with E-state index in [2.05, 4.69) is 25.7 Å². The lowest BCUT2D eigenvalue weighted by Crippen LogP contribution is -2.02. The molecule has 8 nitrogen and oxygen atoms in total. The van der Waals surface area contributed by atoms with Crippen molar-refractivity contribution in [2.75, 3.05) is 12.5 Å². The summed E-state index contributed by atoms with van der Waals surface area (Å²) in [5.41, 5.74) is 5.36. The third-order valence-corrected chi connectivity index (χ3v) is 4.98. The van der Waals surface area contributed by atoms with E-state index >= 15 is 0 Å². The van der Waals surface area contributed by atoms with E-state index in [1.165, 1.54) is 23.5 Å². The summed E-state index contributed by atoms with van der Waals surface area (Å²) in [6.07, 6.45) is 0. The first-order valence-corrected chi connectivity index (χ1v) is 9.45. The van der Waals surface area contributed by atoms with E-state index in [-0.39, 0.29) is 5.56 Å². The number of nitrogens with one attached hydrogen (secondary N) is 1. The van der Waals surface area contributed by atoms with Gasteiger partial charge in [-0.05, 0) is 62.4 Å². The van der Waals surface area contributed by atoms with Gasteiger partial charge in [0, 0.05) is 10.4 Å². The van der Waals surface area contributed by atoms with Crippen molar-refractivity contribution < 1.29 is 14.6 Å². The number of hydrazone groups is 1. The van der Waals surface area contributed by atoms with Crippen LogP contribution in [-0.2, 0) is 0 Å². The predicted octanol–water partition coefficient (Wildman–Crippen LogP) is 5.02. The van der Waals surface area contributed by atoms with Crippen LogP contribution in [0, 0.1) is 13.8 Å². The van der Waals surface area contributed by atoms with E-state index in [0.29, 0.717) is 22.4 Å². The van der Waals surface area contributed by atoms with E-state index < -0.39 is 5.97 Å². The van der Waals surface area contributed by atoms with Gasteiger partial charge in [0.25, 0.3) is 0 Å². The minimum Gasteiger partial charge on any atom is -0.497 e. The summed E-state index contributed by atoms with van der Waals surface area (Å²) < 4.78 is 5.19. The van der Waals surface area contributed by atoms with E-state index in [1.807, 2.05) is 26.0 Å². The fraction of sp³-hybridized carbons (Fsp3) is 0.150. The second kappa shape index (κ2) is 9.07. The van der Waals surface area contributed by atoms with Gasteiger partial charge in [0.2, 0.25) is 11.0 Å². The maximum atomic E-state index is 11.0. The minimum atomic E-state index is -0.984. The lowest BCUT2D eigenvalue weighted by molar-refractivity contribution is 0.0697. The molecule has 2 aromatic carbocycles. The Hall–Kier alpha value is -3.59. The van der Waals surface area contributed by atoms with Gasteiger partial charge in [-0.2, -0.15) is 5.10 Å². The summed E-state index contributed by atoms with van der Waals surface area (Å²) in [4.78, 5) is 16.4. The van der Waals surface area contributed by atoms with Gasteiger partial charge in [0.15, 0.2) is 0 Å². The molecule has 1 aromatic heterocycles. The van der Waals surface area contributed by atoms with Crippen molar-refractivity contribution in [1.82, 2.24) is 4.98 Å². The number of methoxy groups -OCH3 is 1. The zero-order chi connectivity index (χ0) is 20.8. The number of ether oxygens (including phenoxy) is 1. The zero-order valence-electron chi connectivity index (χ0n) is 16.1. The summed E-state index contributed by atoms with van der Waals surface area (Å²) in [5, 5.41) is 22.3. The molecule has 0 saturated heterocycles. The number of rotatable bonds is 6. The largest absolute Gasteiger partial charge is 0.497 e. The second-order valence-electron chi connectivity index (χ2n) is 6.00. The Morgan fingerprint density at radius 1 is 1.07 bits per heavy atom. The number of benzene rings is 2. The Kier molecular flexibility index (Phi) is 6.30. The molecular formula is C20H19N5O3S. The van der Waals surface area contributed by atoms with Crippen molar-refractivity contribution >= 4 is 34.0 Å². The number of thiazole rings is 1. The lowest BCUT2D eigenvalue weighted by atomic mass is 10.2. The summed E-state index contributed by atoms with van der Waals surface area (Å²) in [7, 11) is 1.60. The molecule has 0 radical (unpaired) electrons. The molecule has 9 heteroatoms. The van der Waals surface area contributed by atoms with Crippen LogP contribution in [0.25, 0.3) is 0 Å². The molecule has 0 spiro atoms. The molecule has 0 aliphatic carbocycles. The number of hydrogen-bond donors (Lipinski definition) is 2. The van der Waals surface area contributed by atoms with Crippen LogP contribution in [0.1, 0.15) is 26.5 Å². The molecule has 0 saturated carbocycles. The number of aromatic carboxylic acids is 1. The molecule has 0 atom stereocenters. The van der Waals surface area contributed by atoms with Gasteiger partial charge in [-0.15, -0.1) is 10.2 Å². The Morgan fingerprint density at radius 3 is 2.28 bits per heavy atom. The maximum Gasteiger partial charge on any atom is 0.335 e. The summed E-state index contributed by atoms with van der Waals surface area (Å²) in [6.45, 7) is 3.90. The summed E-state index contributed by atoms with van der Waals surface area (Å²) in [5.74, 6) is 0.0794. The second-order valence-corrected chi connectivity index (χ2v) is 7.18. The number of aryl methyl sites for hydroxylation is 2. The molecule has 29 heavy (non-hydrogen) atoms. The number of amidine groups is 1. The molecule has 0 aliphatic rings. The van der Waals surface area contributed by atoms with Crippen molar-refractivity contribution in [3.8, 4) is 5.75 Å². The van der Waals surface area contributed by atoms with Crippen LogP contribution in [0.4, 0.5) is 10.8 Å². The fourth-order valence-electron chi connectivity index (χ4n) is 2.28. The first-order chi connectivity index (χ1) is 14.0. The smallest absolute Gasteiger partial charge is 0.335 e. The van der Waals surface area contributed by atoms with Crippen molar-refractivity contribution in [2.45, 2.75) is 13.8 Å². The number of azo groups is 1. The highest BCUT2D eigenvalue weighted by molar-refractivity contribution is 7.15. The minimum absolute atomic E-state index is 0.198. The van der Waals surface area contributed by atoms with Crippen LogP contribution in [0.2, 0.25) is 0 Å². The number of carboxylic acid groups (broad SMARTS) is 1. The van der Waals surface area contributed by atoms with Crippen molar-refractivity contribution in [3.63, 3.8) is 0 Å². The normalized spacial score (nSPS) is 11.6. The van der Waals surface area contributed by atoms with Gasteiger partial charge in [-0.25, -0.2) is 9.78 Å². The fourth-order valence-corrected chi connectivity index (χ4v) is 3.01. The number of carbonyl (C=O) groups is 1. The van der Waals surface area contributed by atoms with E-state index in [0.717, 1.165) is 16.1 Å². The molecule has 0 unspecified atom stereocenters. The number of anilines is 1. The summed E-state index contributed by atoms with van der Waals surface area (Å²) >= 11 is 1.45. The zero-order valence-corrected chi connectivity index (χ0v) is 16.9. The first-order valence-electron chi connectivity index (χ1n) is 8.63. The number of aromatic nitrogens is 1. The third-order valence-electron chi connectivity index (χ3n) is 4.02. The number of carboxylic acids is 1. The first kappa shape index (κ1) is 20.2. The van der Waals surface area contributed by atoms with Crippen molar-refractivity contribution in [1.29, 1.82) is 0 Å². The lowest BCUT2D eigenvalue weighted by Gasteiger charge is -2.05. The molecule has 148 valence electrons. The Morgan fingerprint density at radius 2 is 1.72 bits per heavy atom. The monoisotopic (exact) mass is 409 g/mol. The van der Waals surface area contributed by atoms with E-state index in [4.69, 9.17) is 9.84 Å². The summed E-state index contributed by atoms with van der Waals surface area (Å²) in [6, 6.07) is 13.5. The van der Waals surface area contributed by atoms with Crippen LogP contribution in [-0.4, -0.2) is 29.0 Å². The van der Waals surface area contributed by atoms with Gasteiger partial charge in [-0.3, -0.25) is 5.43 Å². The molecule has 0 amide bonds. The Labute approximate surface area is 171 Å². The van der Waals surface area contributed by atoms with Crippen LogP contribution in [0.3, 0.4) is 0 Å². The average molecular weight is 409 g/mol. The Balaban J connectivity index is 1.88. The average Bonchev–Trinajstić information content (AvgIpc) is 3.06. The van der Waals surface area contributed by atoms with Gasteiger partial charge in [-0.1, -0.05) is 11.3 Å². The molecule has 0 aliphatic heterocycles. The van der Waals surface area contributed by atoms with Gasteiger partial charge in [0.05, 0.1) is 24.1 Å².